The third kappa shape index (κ3) is 3.89. The quantitative estimate of drug-likeness (QED) is 0.365. The van der Waals surface area contributed by atoms with Crippen LogP contribution in [0.4, 0.5) is 5.69 Å². The minimum Gasteiger partial charge on any atom is -0.454 e. The maximum absolute atomic E-state index is 11.9. The summed E-state index contributed by atoms with van der Waals surface area (Å²) < 4.78 is 4.88. The Balaban J connectivity index is 2.00. The Bertz CT molecular complexity index is 727. The lowest BCUT2D eigenvalue weighted by Crippen LogP contribution is -2.14. The van der Waals surface area contributed by atoms with E-state index in [1.165, 1.54) is 42.5 Å². The Kier molecular flexibility index (Phi) is 4.85. The molecule has 112 valence electrons. The van der Waals surface area contributed by atoms with Gasteiger partial charge in [0.1, 0.15) is 0 Å². The molecule has 0 spiro atoms. The summed E-state index contributed by atoms with van der Waals surface area (Å²) in [6.07, 6.45) is 0. The van der Waals surface area contributed by atoms with Crippen LogP contribution >= 0.6 is 11.6 Å². The molecule has 0 aliphatic heterocycles. The third-order valence-electron chi connectivity index (χ3n) is 2.79. The van der Waals surface area contributed by atoms with E-state index < -0.39 is 23.3 Å². The molecule has 2 rings (SSSR count). The molecule has 0 aliphatic rings. The van der Waals surface area contributed by atoms with E-state index in [0.717, 1.165) is 6.07 Å². The van der Waals surface area contributed by atoms with E-state index in [2.05, 4.69) is 0 Å². The Morgan fingerprint density at radius 1 is 1.09 bits per heavy atom. The second-order valence-corrected chi connectivity index (χ2v) is 4.75. The van der Waals surface area contributed by atoms with Gasteiger partial charge in [0.2, 0.25) is 5.78 Å². The average molecular weight is 320 g/mol. The summed E-state index contributed by atoms with van der Waals surface area (Å²) in [6, 6.07) is 11.2. The molecule has 0 saturated heterocycles. The molecule has 0 aliphatic carbocycles. The van der Waals surface area contributed by atoms with Crippen LogP contribution in [0.2, 0.25) is 5.02 Å². The SMILES string of the molecule is O=C(COC(=O)c1ccc(Cl)cc1)c1cccc([N+](=O)[O-])c1. The molecule has 0 unspecified atom stereocenters. The number of ether oxygens (including phenoxy) is 1. The molecule has 0 aromatic heterocycles. The predicted molar refractivity (Wildman–Crippen MR) is 79.2 cm³/mol. The molecule has 22 heavy (non-hydrogen) atoms. The van der Waals surface area contributed by atoms with E-state index >= 15 is 0 Å². The van der Waals surface area contributed by atoms with Crippen LogP contribution < -0.4 is 0 Å². The van der Waals surface area contributed by atoms with Crippen molar-refractivity contribution in [3.8, 4) is 0 Å². The van der Waals surface area contributed by atoms with Gasteiger partial charge >= 0.3 is 5.97 Å². The van der Waals surface area contributed by atoms with Crippen molar-refractivity contribution in [3.05, 3.63) is 74.8 Å². The lowest BCUT2D eigenvalue weighted by atomic mass is 10.1. The number of nitrogens with zero attached hydrogens (tertiary/aromatic N) is 1. The molecule has 0 fully saturated rings. The first-order chi connectivity index (χ1) is 10.5. The summed E-state index contributed by atoms with van der Waals surface area (Å²) in [5.74, 6) is -1.19. The summed E-state index contributed by atoms with van der Waals surface area (Å²) in [4.78, 5) is 33.7. The fourth-order valence-electron chi connectivity index (χ4n) is 1.68. The minimum atomic E-state index is -0.671. The number of nitro groups is 1. The number of rotatable bonds is 5. The first-order valence-corrected chi connectivity index (χ1v) is 6.55. The molecule has 0 radical (unpaired) electrons. The molecule has 6 nitrogen and oxygen atoms in total. The summed E-state index contributed by atoms with van der Waals surface area (Å²) in [6.45, 7) is -0.497. The minimum absolute atomic E-state index is 0.109. The van der Waals surface area contributed by atoms with E-state index in [-0.39, 0.29) is 16.8 Å². The smallest absolute Gasteiger partial charge is 0.338 e. The van der Waals surface area contributed by atoms with E-state index in [9.17, 15) is 19.7 Å². The number of hydrogen-bond acceptors (Lipinski definition) is 5. The second kappa shape index (κ2) is 6.82. The van der Waals surface area contributed by atoms with Crippen molar-refractivity contribution in [2.75, 3.05) is 6.61 Å². The number of hydrogen-bond donors (Lipinski definition) is 0. The molecule has 7 heteroatoms. The van der Waals surface area contributed by atoms with Crippen molar-refractivity contribution in [2.24, 2.45) is 0 Å². The highest BCUT2D eigenvalue weighted by Gasteiger charge is 2.14. The Morgan fingerprint density at radius 2 is 1.77 bits per heavy atom. The van der Waals surface area contributed by atoms with Crippen LogP contribution in [0.3, 0.4) is 0 Å². The van der Waals surface area contributed by atoms with Crippen molar-refractivity contribution < 1.29 is 19.2 Å². The molecule has 2 aromatic rings. The first kappa shape index (κ1) is 15.7. The van der Waals surface area contributed by atoms with Gasteiger partial charge in [0.05, 0.1) is 10.5 Å². The fourth-order valence-corrected chi connectivity index (χ4v) is 1.80. The van der Waals surface area contributed by atoms with Gasteiger partial charge in [-0.1, -0.05) is 23.7 Å². The standard InChI is InChI=1S/C15H10ClNO5/c16-12-6-4-10(5-7-12)15(19)22-9-14(18)11-2-1-3-13(8-11)17(20)21/h1-8H,9H2. The fraction of sp³-hybridized carbons (Fsp3) is 0.0667. The molecule has 0 atom stereocenters. The van der Waals surface area contributed by atoms with Gasteiger partial charge < -0.3 is 4.74 Å². The van der Waals surface area contributed by atoms with E-state index in [0.29, 0.717) is 5.02 Å². The van der Waals surface area contributed by atoms with Crippen LogP contribution in [0.1, 0.15) is 20.7 Å². The Labute approximate surface area is 130 Å². The molecule has 0 heterocycles. The maximum atomic E-state index is 11.9. The molecule has 2 aromatic carbocycles. The number of carbonyl (C=O) groups excluding carboxylic acids is 2. The normalized spacial score (nSPS) is 10.0. The lowest BCUT2D eigenvalue weighted by molar-refractivity contribution is -0.384. The number of ketones is 1. The van der Waals surface area contributed by atoms with Crippen molar-refractivity contribution in [1.29, 1.82) is 0 Å². The van der Waals surface area contributed by atoms with Gasteiger partial charge in [0.15, 0.2) is 6.61 Å². The van der Waals surface area contributed by atoms with Crippen LogP contribution in [0.25, 0.3) is 0 Å². The number of halogens is 1. The van der Waals surface area contributed by atoms with Crippen LogP contribution in [0.15, 0.2) is 48.5 Å². The lowest BCUT2D eigenvalue weighted by Gasteiger charge is -2.04. The Hall–Kier alpha value is -2.73. The van der Waals surface area contributed by atoms with Crippen LogP contribution in [-0.4, -0.2) is 23.3 Å². The van der Waals surface area contributed by atoms with Gasteiger partial charge in [0, 0.05) is 22.7 Å². The van der Waals surface area contributed by atoms with Gasteiger partial charge in [-0.3, -0.25) is 14.9 Å². The number of benzene rings is 2. The summed E-state index contributed by atoms with van der Waals surface area (Å²) in [5.41, 5.74) is 0.171. The zero-order valence-corrected chi connectivity index (χ0v) is 11.9. The maximum Gasteiger partial charge on any atom is 0.338 e. The average Bonchev–Trinajstić information content (AvgIpc) is 2.53. The third-order valence-corrected chi connectivity index (χ3v) is 3.05. The van der Waals surface area contributed by atoms with Crippen molar-refractivity contribution in [1.82, 2.24) is 0 Å². The molecular weight excluding hydrogens is 310 g/mol. The van der Waals surface area contributed by atoms with E-state index in [1.807, 2.05) is 0 Å². The molecular formula is C15H10ClNO5. The topological polar surface area (TPSA) is 86.5 Å². The number of esters is 1. The molecule has 0 N–H and O–H groups in total. The van der Waals surface area contributed by atoms with Crippen LogP contribution in [0, 0.1) is 10.1 Å². The van der Waals surface area contributed by atoms with Gasteiger partial charge in [0.25, 0.3) is 5.69 Å². The van der Waals surface area contributed by atoms with Crippen molar-refractivity contribution in [3.63, 3.8) is 0 Å². The van der Waals surface area contributed by atoms with E-state index in [1.54, 1.807) is 0 Å². The highest BCUT2D eigenvalue weighted by molar-refractivity contribution is 6.30. The van der Waals surface area contributed by atoms with Gasteiger partial charge in [-0.05, 0) is 24.3 Å². The molecule has 0 bridgehead atoms. The van der Waals surface area contributed by atoms with Crippen LogP contribution in [-0.2, 0) is 4.74 Å². The number of non-ortho nitro benzene ring substituents is 1. The number of Topliss-reactive ketones (excluding diaryl/α,β-unsaturated/α-hetero) is 1. The van der Waals surface area contributed by atoms with Gasteiger partial charge in [-0.15, -0.1) is 0 Å². The zero-order chi connectivity index (χ0) is 16.1. The van der Waals surface area contributed by atoms with Crippen molar-refractivity contribution >= 4 is 29.0 Å². The second-order valence-electron chi connectivity index (χ2n) is 4.31. The first-order valence-electron chi connectivity index (χ1n) is 6.18. The largest absolute Gasteiger partial charge is 0.454 e. The number of nitro benzene ring substituents is 1. The van der Waals surface area contributed by atoms with Crippen LogP contribution in [0.5, 0.6) is 0 Å². The molecule has 0 saturated carbocycles. The molecule has 0 amide bonds. The van der Waals surface area contributed by atoms with Gasteiger partial charge in [-0.25, -0.2) is 4.79 Å². The van der Waals surface area contributed by atoms with Crippen molar-refractivity contribution in [2.45, 2.75) is 0 Å². The monoisotopic (exact) mass is 319 g/mol. The summed E-state index contributed by atoms with van der Waals surface area (Å²) in [5, 5.41) is 11.1. The highest BCUT2D eigenvalue weighted by Crippen LogP contribution is 2.14. The van der Waals surface area contributed by atoms with E-state index in [4.69, 9.17) is 16.3 Å². The summed E-state index contributed by atoms with van der Waals surface area (Å²) >= 11 is 5.70. The van der Waals surface area contributed by atoms with Gasteiger partial charge in [-0.2, -0.15) is 0 Å². The highest BCUT2D eigenvalue weighted by atomic mass is 35.5. The number of carbonyl (C=O) groups is 2. The summed E-state index contributed by atoms with van der Waals surface area (Å²) in [7, 11) is 0. The zero-order valence-electron chi connectivity index (χ0n) is 11.2. The predicted octanol–water partition coefficient (Wildman–Crippen LogP) is 3.29. The Morgan fingerprint density at radius 3 is 2.41 bits per heavy atom.